The minimum Gasteiger partial charge on any atom is -0.741 e. The lowest BCUT2D eigenvalue weighted by Crippen LogP contribution is -2.24. The van der Waals surface area contributed by atoms with Crippen LogP contribution in [0.3, 0.4) is 0 Å². The highest BCUT2D eigenvalue weighted by molar-refractivity contribution is 7.86. The largest absolute Gasteiger partial charge is 0.741 e. The molecule has 0 N–H and O–H groups in total. The highest BCUT2D eigenvalue weighted by atomic mass is 35.5. The predicted molar refractivity (Wildman–Crippen MR) is 63.8 cm³/mol. The van der Waals surface area contributed by atoms with Crippen molar-refractivity contribution >= 4 is 43.3 Å². The molecule has 0 atom stereocenters. The monoisotopic (exact) mass is 333 g/mol. The summed E-state index contributed by atoms with van der Waals surface area (Å²) < 4.78 is 62.3. The van der Waals surface area contributed by atoms with Crippen LogP contribution in [0.25, 0.3) is 10.2 Å². The van der Waals surface area contributed by atoms with Crippen LogP contribution in [0.4, 0.5) is 13.2 Å². The minimum absolute atomic E-state index is 0.798. The smallest absolute Gasteiger partial charge is 0.485 e. The molecule has 19 heavy (non-hydrogen) atoms. The summed E-state index contributed by atoms with van der Waals surface area (Å²) in [6, 6.07) is 5.94. The fourth-order valence-electron chi connectivity index (χ4n) is 1.06. The van der Waals surface area contributed by atoms with E-state index in [9.17, 15) is 13.2 Å². The van der Waals surface area contributed by atoms with Gasteiger partial charge in [-0.05, 0) is 12.1 Å². The molecule has 0 fully saturated rings. The number of benzene rings is 1. The van der Waals surface area contributed by atoms with Gasteiger partial charge in [0.1, 0.15) is 11.7 Å². The maximum Gasteiger partial charge on any atom is 0.485 e. The number of thiazole rings is 1. The number of aryl methyl sites for hydroxylation is 1. The first-order valence-electron chi connectivity index (χ1n) is 4.57. The molecule has 0 amide bonds. The summed E-state index contributed by atoms with van der Waals surface area (Å²) in [6.07, 6.45) is 0. The van der Waals surface area contributed by atoms with Gasteiger partial charge in [0.05, 0.1) is 0 Å². The third-order valence-corrected chi connectivity index (χ3v) is 3.75. The summed E-state index contributed by atoms with van der Waals surface area (Å²) in [4.78, 5) is 0. The zero-order valence-corrected chi connectivity index (χ0v) is 11.7. The van der Waals surface area contributed by atoms with Gasteiger partial charge in [-0.25, -0.2) is 8.42 Å². The Kier molecular flexibility index (Phi) is 4.77. The van der Waals surface area contributed by atoms with Gasteiger partial charge in [0, 0.05) is 11.1 Å². The van der Waals surface area contributed by atoms with Crippen molar-refractivity contribution in [1.29, 1.82) is 0 Å². The van der Waals surface area contributed by atoms with Crippen LogP contribution in [0.1, 0.15) is 0 Å². The third kappa shape index (κ3) is 4.30. The first-order chi connectivity index (χ1) is 8.52. The lowest BCUT2D eigenvalue weighted by molar-refractivity contribution is -0.640. The van der Waals surface area contributed by atoms with Crippen molar-refractivity contribution in [3.63, 3.8) is 0 Å². The zero-order chi connectivity index (χ0) is 14.8. The Bertz CT molecular complexity index is 682. The predicted octanol–water partition coefficient (Wildman–Crippen LogP) is 2.43. The summed E-state index contributed by atoms with van der Waals surface area (Å²) in [5.74, 6) is 0. The molecule has 1 aromatic heterocycles. The molecule has 0 spiro atoms. The molecule has 0 radical (unpaired) electrons. The fraction of sp³-hybridized carbons (Fsp3) is 0.222. The van der Waals surface area contributed by atoms with E-state index in [1.54, 1.807) is 11.3 Å². The summed E-state index contributed by atoms with van der Waals surface area (Å²) >= 11 is 7.57. The van der Waals surface area contributed by atoms with Crippen LogP contribution >= 0.6 is 22.9 Å². The Morgan fingerprint density at radius 3 is 2.37 bits per heavy atom. The van der Waals surface area contributed by atoms with Crippen molar-refractivity contribution in [1.82, 2.24) is 0 Å². The van der Waals surface area contributed by atoms with Crippen molar-refractivity contribution in [2.45, 2.75) is 5.51 Å². The molecule has 0 aliphatic carbocycles. The van der Waals surface area contributed by atoms with E-state index in [1.165, 1.54) is 10.2 Å². The van der Waals surface area contributed by atoms with Gasteiger partial charge in [-0.3, -0.25) is 0 Å². The van der Waals surface area contributed by atoms with E-state index in [4.69, 9.17) is 24.6 Å². The van der Waals surface area contributed by atoms with Crippen LogP contribution in [0.5, 0.6) is 0 Å². The van der Waals surface area contributed by atoms with Gasteiger partial charge in [0.25, 0.3) is 0 Å². The lowest BCUT2D eigenvalue weighted by atomic mass is 10.3. The molecule has 2 rings (SSSR count). The highest BCUT2D eigenvalue weighted by Crippen LogP contribution is 2.20. The molecule has 1 aromatic carbocycles. The second kappa shape index (κ2) is 5.61. The Morgan fingerprint density at radius 1 is 1.37 bits per heavy atom. The van der Waals surface area contributed by atoms with E-state index >= 15 is 0 Å². The zero-order valence-electron chi connectivity index (χ0n) is 9.31. The van der Waals surface area contributed by atoms with E-state index in [-0.39, 0.29) is 0 Å². The van der Waals surface area contributed by atoms with Crippen LogP contribution in [0.15, 0.2) is 23.7 Å². The quantitative estimate of drug-likeness (QED) is 0.422. The van der Waals surface area contributed by atoms with Gasteiger partial charge in [-0.15, -0.1) is 0 Å². The van der Waals surface area contributed by atoms with Crippen LogP contribution in [0.2, 0.25) is 5.02 Å². The molecule has 0 aliphatic rings. The number of hydrogen-bond acceptors (Lipinski definition) is 4. The number of alkyl halides is 3. The number of halogens is 4. The number of nitrogens with zero attached hydrogens (tertiary/aromatic N) is 1. The van der Waals surface area contributed by atoms with Crippen molar-refractivity contribution in [3.05, 3.63) is 28.7 Å². The number of fused-ring (bicyclic) bond motifs is 1. The average Bonchev–Trinajstić information content (AvgIpc) is 2.58. The van der Waals surface area contributed by atoms with Crippen LogP contribution in [-0.2, 0) is 17.2 Å². The van der Waals surface area contributed by atoms with E-state index in [0.29, 0.717) is 0 Å². The Morgan fingerprint density at radius 2 is 1.89 bits per heavy atom. The molecule has 0 unspecified atom stereocenters. The van der Waals surface area contributed by atoms with E-state index in [0.717, 1.165) is 5.02 Å². The highest BCUT2D eigenvalue weighted by Gasteiger charge is 2.36. The molecule has 2 aromatic rings. The van der Waals surface area contributed by atoms with E-state index < -0.39 is 15.6 Å². The standard InChI is InChI=1S/C8H7ClNS.CHF3O3S/c1-10-5-11-8-3-2-6(9)4-7(8)10;2-1(3,4)8(5,6)7/h2-5H,1H3;(H,5,6,7)/q+1;/p-1. The van der Waals surface area contributed by atoms with Crippen molar-refractivity contribution in [2.75, 3.05) is 0 Å². The van der Waals surface area contributed by atoms with Crippen molar-refractivity contribution in [2.24, 2.45) is 7.05 Å². The van der Waals surface area contributed by atoms with Gasteiger partial charge in [0.15, 0.2) is 10.1 Å². The van der Waals surface area contributed by atoms with Gasteiger partial charge in [0.2, 0.25) is 11.0 Å². The minimum atomic E-state index is -6.09. The average molecular weight is 334 g/mol. The third-order valence-electron chi connectivity index (χ3n) is 1.92. The molecule has 0 aliphatic heterocycles. The maximum absolute atomic E-state index is 10.7. The van der Waals surface area contributed by atoms with Crippen LogP contribution < -0.4 is 4.57 Å². The Hall–Kier alpha value is -0.900. The molecule has 0 saturated carbocycles. The van der Waals surface area contributed by atoms with Gasteiger partial charge >= 0.3 is 5.51 Å². The normalized spacial score (nSPS) is 12.1. The lowest BCUT2D eigenvalue weighted by Gasteiger charge is -2.08. The molecular weight excluding hydrogens is 327 g/mol. The van der Waals surface area contributed by atoms with Crippen LogP contribution in [0, 0.1) is 0 Å². The summed E-state index contributed by atoms with van der Waals surface area (Å²) in [6.45, 7) is 0. The first kappa shape index (κ1) is 16.2. The SMILES string of the molecule is C[n+]1csc2ccc(Cl)cc21.O=S(=O)([O-])C(F)(F)F. The summed E-state index contributed by atoms with van der Waals surface area (Å²) in [7, 11) is -4.07. The molecular formula is C9H7ClF3NO3S2. The second-order valence-electron chi connectivity index (χ2n) is 3.35. The molecule has 0 bridgehead atoms. The summed E-state index contributed by atoms with van der Waals surface area (Å²) in [5, 5.41) is 0.798. The van der Waals surface area contributed by atoms with Gasteiger partial charge in [-0.1, -0.05) is 22.9 Å². The van der Waals surface area contributed by atoms with Gasteiger partial charge in [-0.2, -0.15) is 17.7 Å². The molecule has 4 nitrogen and oxygen atoms in total. The summed E-state index contributed by atoms with van der Waals surface area (Å²) in [5.41, 5.74) is -2.38. The Balaban J connectivity index is 0.000000203. The first-order valence-corrected chi connectivity index (χ1v) is 7.23. The second-order valence-corrected chi connectivity index (χ2v) is 6.04. The number of rotatable bonds is 0. The molecule has 0 saturated heterocycles. The van der Waals surface area contributed by atoms with E-state index in [1.807, 2.05) is 25.2 Å². The topological polar surface area (TPSA) is 61.1 Å². The number of aromatic nitrogens is 1. The van der Waals surface area contributed by atoms with E-state index in [2.05, 4.69) is 10.1 Å². The molecule has 1 heterocycles. The van der Waals surface area contributed by atoms with Crippen molar-refractivity contribution in [3.8, 4) is 0 Å². The van der Waals surface area contributed by atoms with Crippen LogP contribution in [-0.4, -0.2) is 18.5 Å². The molecule has 106 valence electrons. The molecule has 10 heteroatoms. The fourth-order valence-corrected chi connectivity index (χ4v) is 2.08. The Labute approximate surface area is 115 Å². The number of hydrogen-bond donors (Lipinski definition) is 0. The maximum atomic E-state index is 10.7. The van der Waals surface area contributed by atoms with Crippen molar-refractivity contribution < 1.29 is 30.7 Å². The van der Waals surface area contributed by atoms with Gasteiger partial charge < -0.3 is 4.55 Å².